The number of esters is 1. The fraction of sp³-hybridized carbons (Fsp3) is 0.538. The molecule has 2 aromatic rings. The van der Waals surface area contributed by atoms with Crippen LogP contribution < -0.4 is 10.1 Å². The number of likely N-dealkylation sites (tertiary alicyclic amines) is 1. The van der Waals surface area contributed by atoms with Crippen LogP contribution in [0.25, 0.3) is 0 Å². The molecule has 1 aromatic heterocycles. The van der Waals surface area contributed by atoms with Gasteiger partial charge in [0.05, 0.1) is 33.5 Å². The van der Waals surface area contributed by atoms with Crippen molar-refractivity contribution in [2.24, 2.45) is 0 Å². The molecule has 1 aromatic carbocycles. The first kappa shape index (κ1) is 28.5. The molecular weight excluding hydrogens is 494 g/mol. The third kappa shape index (κ3) is 8.78. The zero-order valence-electron chi connectivity index (χ0n) is 21.8. The van der Waals surface area contributed by atoms with Crippen molar-refractivity contribution in [3.05, 3.63) is 48.0 Å². The highest BCUT2D eigenvalue weighted by atomic mass is 32.2. The lowest BCUT2D eigenvalue weighted by molar-refractivity contribution is -0.145. The fourth-order valence-electron chi connectivity index (χ4n) is 4.54. The van der Waals surface area contributed by atoms with Crippen LogP contribution in [0.5, 0.6) is 5.75 Å². The van der Waals surface area contributed by atoms with E-state index in [2.05, 4.69) is 15.3 Å². The molecule has 11 heteroatoms. The van der Waals surface area contributed by atoms with Crippen molar-refractivity contribution in [2.75, 3.05) is 45.9 Å². The monoisotopic (exact) mass is 531 g/mol. The van der Waals surface area contributed by atoms with Gasteiger partial charge >= 0.3 is 5.97 Å². The number of imidazole rings is 1. The van der Waals surface area contributed by atoms with Crippen molar-refractivity contribution >= 4 is 29.5 Å². The number of hydrogen-bond acceptors (Lipinski definition) is 8. The number of nitrogens with zero attached hydrogens (tertiary/aromatic N) is 3. The lowest BCUT2D eigenvalue weighted by Crippen LogP contribution is -2.49. The van der Waals surface area contributed by atoms with Gasteiger partial charge in [-0.15, -0.1) is 0 Å². The molecule has 0 radical (unpaired) electrons. The van der Waals surface area contributed by atoms with E-state index >= 15 is 0 Å². The van der Waals surface area contributed by atoms with Crippen LogP contribution in [-0.4, -0.2) is 95.5 Å². The van der Waals surface area contributed by atoms with E-state index in [1.807, 2.05) is 40.3 Å². The Morgan fingerprint density at radius 1 is 1.27 bits per heavy atom. The van der Waals surface area contributed by atoms with Crippen LogP contribution in [0.4, 0.5) is 0 Å². The van der Waals surface area contributed by atoms with E-state index in [-0.39, 0.29) is 30.8 Å². The lowest BCUT2D eigenvalue weighted by atomic mass is 10.1. The van der Waals surface area contributed by atoms with Crippen molar-refractivity contribution in [3.63, 3.8) is 0 Å². The lowest BCUT2D eigenvalue weighted by Gasteiger charge is -2.31. The Balaban J connectivity index is 1.70. The Bertz CT molecular complexity index is 1000. The van der Waals surface area contributed by atoms with Gasteiger partial charge in [-0.2, -0.15) is 11.8 Å². The molecule has 202 valence electrons. The highest BCUT2D eigenvalue weighted by Crippen LogP contribution is 2.21. The maximum Gasteiger partial charge on any atom is 0.328 e. The quantitative estimate of drug-likeness (QED) is 0.355. The van der Waals surface area contributed by atoms with Gasteiger partial charge in [-0.25, -0.2) is 9.78 Å². The molecular formula is C26H37N5O5S. The SMILES string of the molecule is COC(=O)[C@H](CCSC)NC(=O)CN(Cc1ccc(OC)cc1)C[C@@H]1CCCN1C(=O)Cc1cnc[nH]1. The number of hydrogen-bond donors (Lipinski definition) is 2. The molecule has 0 saturated carbocycles. The van der Waals surface area contributed by atoms with E-state index in [0.717, 1.165) is 35.6 Å². The van der Waals surface area contributed by atoms with Crippen LogP contribution in [0.3, 0.4) is 0 Å². The summed E-state index contributed by atoms with van der Waals surface area (Å²) >= 11 is 1.61. The molecule has 3 rings (SSSR count). The topological polar surface area (TPSA) is 117 Å². The summed E-state index contributed by atoms with van der Waals surface area (Å²) < 4.78 is 10.1. The maximum atomic E-state index is 13.1. The van der Waals surface area contributed by atoms with Crippen molar-refractivity contribution in [2.45, 2.75) is 44.3 Å². The van der Waals surface area contributed by atoms with E-state index in [9.17, 15) is 14.4 Å². The smallest absolute Gasteiger partial charge is 0.328 e. The van der Waals surface area contributed by atoms with Gasteiger partial charge in [-0.1, -0.05) is 12.1 Å². The molecule has 2 N–H and O–H groups in total. The normalized spacial score (nSPS) is 16.0. The van der Waals surface area contributed by atoms with Crippen LogP contribution in [0, 0.1) is 0 Å². The first-order chi connectivity index (χ1) is 17.9. The largest absolute Gasteiger partial charge is 0.497 e. The van der Waals surface area contributed by atoms with Crippen LogP contribution in [-0.2, 0) is 32.1 Å². The van der Waals surface area contributed by atoms with Gasteiger partial charge < -0.3 is 24.7 Å². The van der Waals surface area contributed by atoms with Gasteiger partial charge in [0, 0.05) is 37.6 Å². The number of rotatable bonds is 14. The first-order valence-electron chi connectivity index (χ1n) is 12.4. The Hall–Kier alpha value is -3.05. The number of carbonyl (C=O) groups excluding carboxylic acids is 3. The van der Waals surface area contributed by atoms with Crippen LogP contribution in [0.1, 0.15) is 30.5 Å². The summed E-state index contributed by atoms with van der Waals surface area (Å²) in [6.07, 6.45) is 7.74. The molecule has 10 nitrogen and oxygen atoms in total. The average molecular weight is 532 g/mol. The number of ether oxygens (including phenoxy) is 2. The summed E-state index contributed by atoms with van der Waals surface area (Å²) in [5.41, 5.74) is 1.80. The number of aromatic nitrogens is 2. The number of aromatic amines is 1. The van der Waals surface area contributed by atoms with Crippen molar-refractivity contribution < 1.29 is 23.9 Å². The van der Waals surface area contributed by atoms with Crippen molar-refractivity contribution in [1.29, 1.82) is 0 Å². The maximum absolute atomic E-state index is 13.1. The summed E-state index contributed by atoms with van der Waals surface area (Å²) in [4.78, 5) is 49.2. The van der Waals surface area contributed by atoms with Crippen LogP contribution in [0.15, 0.2) is 36.8 Å². The minimum absolute atomic E-state index is 0.00522. The van der Waals surface area contributed by atoms with Gasteiger partial charge in [0.2, 0.25) is 11.8 Å². The van der Waals surface area contributed by atoms with Crippen molar-refractivity contribution in [1.82, 2.24) is 25.1 Å². The van der Waals surface area contributed by atoms with Gasteiger partial charge in [0.1, 0.15) is 11.8 Å². The first-order valence-corrected chi connectivity index (χ1v) is 13.8. The molecule has 1 fully saturated rings. The average Bonchev–Trinajstić information content (AvgIpc) is 3.58. The Morgan fingerprint density at radius 3 is 2.70 bits per heavy atom. The molecule has 37 heavy (non-hydrogen) atoms. The molecule has 0 spiro atoms. The summed E-state index contributed by atoms with van der Waals surface area (Å²) in [7, 11) is 2.95. The molecule has 2 heterocycles. The third-order valence-corrected chi connectivity index (χ3v) is 7.07. The second kappa shape index (κ2) is 14.6. The third-order valence-electron chi connectivity index (χ3n) is 6.43. The van der Waals surface area contributed by atoms with Crippen LogP contribution >= 0.6 is 11.8 Å². The number of benzene rings is 1. The Labute approximate surface area is 222 Å². The molecule has 2 atom stereocenters. The number of thioether (sulfide) groups is 1. The predicted molar refractivity (Wildman–Crippen MR) is 142 cm³/mol. The predicted octanol–water partition coefficient (Wildman–Crippen LogP) is 1.86. The van der Waals surface area contributed by atoms with E-state index < -0.39 is 12.0 Å². The number of H-pyrrole nitrogens is 1. The second-order valence-electron chi connectivity index (χ2n) is 9.08. The minimum atomic E-state index is -0.688. The van der Waals surface area contributed by atoms with E-state index in [1.165, 1.54) is 7.11 Å². The highest BCUT2D eigenvalue weighted by molar-refractivity contribution is 7.98. The molecule has 2 amide bonds. The van der Waals surface area contributed by atoms with Gasteiger partial charge in [0.25, 0.3) is 0 Å². The molecule has 0 bridgehead atoms. The standard InChI is InChI=1S/C26H37N5O5S/c1-35-22-8-6-19(7-9-22)15-30(17-24(32)29-23(10-12-37-3)26(34)36-2)16-21-5-4-11-31(21)25(33)13-20-14-27-18-28-20/h6-9,14,18,21,23H,4-5,10-13,15-17H2,1-3H3,(H,27,28)(H,29,32)/t21-,23-/m0/s1. The second-order valence-corrected chi connectivity index (χ2v) is 10.1. The molecule has 1 saturated heterocycles. The molecule has 0 unspecified atom stereocenters. The zero-order valence-corrected chi connectivity index (χ0v) is 22.6. The molecule has 1 aliphatic heterocycles. The summed E-state index contributed by atoms with van der Waals surface area (Å²) in [5.74, 6) is 0.830. The van der Waals surface area contributed by atoms with Crippen LogP contribution in [0.2, 0.25) is 0 Å². The number of amides is 2. The van der Waals surface area contributed by atoms with E-state index in [1.54, 1.807) is 31.4 Å². The Morgan fingerprint density at radius 2 is 2.05 bits per heavy atom. The Kier molecular flexibility index (Phi) is 11.3. The van der Waals surface area contributed by atoms with Gasteiger partial charge in [-0.05, 0) is 49.0 Å². The number of methoxy groups -OCH3 is 2. The fourth-order valence-corrected chi connectivity index (χ4v) is 5.01. The zero-order chi connectivity index (χ0) is 26.6. The van der Waals surface area contributed by atoms with E-state index in [0.29, 0.717) is 26.1 Å². The number of carbonyl (C=O) groups is 3. The highest BCUT2D eigenvalue weighted by Gasteiger charge is 2.31. The summed E-state index contributed by atoms with van der Waals surface area (Å²) in [5, 5.41) is 2.85. The van der Waals surface area contributed by atoms with Gasteiger partial charge in [0.15, 0.2) is 0 Å². The number of nitrogens with one attached hydrogen (secondary N) is 2. The minimum Gasteiger partial charge on any atom is -0.497 e. The summed E-state index contributed by atoms with van der Waals surface area (Å²) in [6, 6.07) is 7.02. The van der Waals surface area contributed by atoms with Gasteiger partial charge in [-0.3, -0.25) is 14.5 Å². The van der Waals surface area contributed by atoms with E-state index in [4.69, 9.17) is 9.47 Å². The van der Waals surface area contributed by atoms with Crippen molar-refractivity contribution in [3.8, 4) is 5.75 Å². The molecule has 0 aliphatic carbocycles. The molecule has 1 aliphatic rings. The summed E-state index contributed by atoms with van der Waals surface area (Å²) in [6.45, 7) is 1.85.